The summed E-state index contributed by atoms with van der Waals surface area (Å²) in [6, 6.07) is 12.8. The number of fused-ring (bicyclic) bond motifs is 2. The molecule has 4 rings (SSSR count). The van der Waals surface area contributed by atoms with Gasteiger partial charge < -0.3 is 4.57 Å². The van der Waals surface area contributed by atoms with Crippen LogP contribution in [0.5, 0.6) is 0 Å². The Kier molecular flexibility index (Phi) is 7.15. The van der Waals surface area contributed by atoms with E-state index in [4.69, 9.17) is 0 Å². The number of rotatable bonds is 4. The molecule has 6 nitrogen and oxygen atoms in total. The van der Waals surface area contributed by atoms with Gasteiger partial charge in [0.25, 0.3) is 5.56 Å². The number of nitrogens with one attached hydrogen (secondary N) is 1. The lowest BCUT2D eigenvalue weighted by Gasteiger charge is -2.19. The van der Waals surface area contributed by atoms with Crippen LogP contribution < -0.4 is 11.2 Å². The lowest BCUT2D eigenvalue weighted by atomic mass is 9.86. The molecule has 0 radical (unpaired) electrons. The molecule has 174 valence electrons. The van der Waals surface area contributed by atoms with Crippen molar-refractivity contribution in [2.75, 3.05) is 0 Å². The quantitative estimate of drug-likeness (QED) is 0.439. The van der Waals surface area contributed by atoms with Gasteiger partial charge in [-0.25, -0.2) is 9.78 Å². The molecule has 0 atom stereocenters. The summed E-state index contributed by atoms with van der Waals surface area (Å²) in [7, 11) is 0. The third-order valence-electron chi connectivity index (χ3n) is 5.89. The van der Waals surface area contributed by atoms with Crippen LogP contribution >= 0.6 is 0 Å². The molecule has 0 aliphatic carbocycles. The van der Waals surface area contributed by atoms with Gasteiger partial charge in [-0.2, -0.15) is 4.98 Å². The highest BCUT2D eigenvalue weighted by Gasteiger charge is 2.19. The molecule has 0 fully saturated rings. The molecule has 2 aliphatic heterocycles. The molecule has 1 N–H and O–H groups in total. The van der Waals surface area contributed by atoms with E-state index in [0.717, 1.165) is 35.0 Å². The van der Waals surface area contributed by atoms with Gasteiger partial charge in [0.15, 0.2) is 11.5 Å². The van der Waals surface area contributed by atoms with Crippen molar-refractivity contribution in [2.45, 2.75) is 73.3 Å². The van der Waals surface area contributed by atoms with Gasteiger partial charge in [0.2, 0.25) is 0 Å². The van der Waals surface area contributed by atoms with E-state index in [0.29, 0.717) is 12.4 Å². The Morgan fingerprint density at radius 3 is 2.21 bits per heavy atom. The minimum Gasteiger partial charge on any atom is -0.322 e. The van der Waals surface area contributed by atoms with Gasteiger partial charge in [-0.15, -0.1) is 0 Å². The first-order valence-corrected chi connectivity index (χ1v) is 11.6. The van der Waals surface area contributed by atoms with Crippen molar-refractivity contribution in [1.82, 2.24) is 19.5 Å². The Balaban J connectivity index is 0.00000149. The highest BCUT2D eigenvalue weighted by Crippen LogP contribution is 2.25. The summed E-state index contributed by atoms with van der Waals surface area (Å²) in [4.78, 5) is 35.1. The van der Waals surface area contributed by atoms with Crippen molar-refractivity contribution < 1.29 is 0 Å². The topological polar surface area (TPSA) is 80.6 Å². The summed E-state index contributed by atoms with van der Waals surface area (Å²) < 4.78 is 1.96. The first-order valence-electron chi connectivity index (χ1n) is 11.6. The van der Waals surface area contributed by atoms with Gasteiger partial charge in [-0.3, -0.25) is 9.78 Å². The highest BCUT2D eigenvalue weighted by molar-refractivity contribution is 5.81. The molecule has 2 heterocycles. The van der Waals surface area contributed by atoms with Crippen LogP contribution in [0.1, 0.15) is 63.3 Å². The summed E-state index contributed by atoms with van der Waals surface area (Å²) in [6.45, 7) is 15.3. The summed E-state index contributed by atoms with van der Waals surface area (Å²) in [5, 5.41) is 0. The van der Waals surface area contributed by atoms with Gasteiger partial charge in [0.05, 0.1) is 11.0 Å². The lowest BCUT2D eigenvalue weighted by Crippen LogP contribution is -2.29. The van der Waals surface area contributed by atoms with E-state index in [9.17, 15) is 9.59 Å². The normalized spacial score (nSPS) is 11.5. The Morgan fingerprint density at radius 1 is 0.939 bits per heavy atom. The predicted molar refractivity (Wildman–Crippen MR) is 135 cm³/mol. The second-order valence-corrected chi connectivity index (χ2v) is 9.28. The molecule has 2 aromatic carbocycles. The van der Waals surface area contributed by atoms with Crippen molar-refractivity contribution in [2.24, 2.45) is 0 Å². The zero-order valence-corrected chi connectivity index (χ0v) is 20.7. The van der Waals surface area contributed by atoms with Crippen LogP contribution in [-0.4, -0.2) is 19.5 Å². The Morgan fingerprint density at radius 2 is 1.58 bits per heavy atom. The lowest BCUT2D eigenvalue weighted by molar-refractivity contribution is 0.589. The molecule has 33 heavy (non-hydrogen) atoms. The fourth-order valence-electron chi connectivity index (χ4n) is 3.89. The summed E-state index contributed by atoms with van der Waals surface area (Å²) in [6.07, 6.45) is 1.74. The van der Waals surface area contributed by atoms with Crippen LogP contribution in [-0.2, 0) is 18.4 Å². The van der Waals surface area contributed by atoms with E-state index in [-0.39, 0.29) is 11.1 Å². The molecule has 6 heteroatoms. The molecule has 0 saturated heterocycles. The number of hydrogen-bond donors (Lipinski definition) is 1. The fraction of sp³-hybridized carbons (Fsp3) is 0.407. The van der Waals surface area contributed by atoms with E-state index in [2.05, 4.69) is 66.1 Å². The number of aromatic nitrogens is 4. The van der Waals surface area contributed by atoms with Crippen LogP contribution in [0.4, 0.5) is 0 Å². The van der Waals surface area contributed by atoms with E-state index in [1.165, 1.54) is 11.1 Å². The molecule has 0 spiro atoms. The van der Waals surface area contributed by atoms with Crippen molar-refractivity contribution in [3.05, 3.63) is 79.5 Å². The van der Waals surface area contributed by atoms with Gasteiger partial charge in [0, 0.05) is 6.54 Å². The van der Waals surface area contributed by atoms with Gasteiger partial charge in [0.1, 0.15) is 0 Å². The molecule has 0 aromatic heterocycles. The predicted octanol–water partition coefficient (Wildman–Crippen LogP) is 5.16. The van der Waals surface area contributed by atoms with Crippen molar-refractivity contribution in [1.29, 1.82) is 0 Å². The minimum atomic E-state index is -0.644. The summed E-state index contributed by atoms with van der Waals surface area (Å²) >= 11 is 0. The van der Waals surface area contributed by atoms with Crippen molar-refractivity contribution >= 4 is 11.0 Å². The number of nitrogens with zero attached hydrogens (tertiary/aromatic N) is 3. The maximum absolute atomic E-state index is 12.4. The average molecular weight is 447 g/mol. The summed E-state index contributed by atoms with van der Waals surface area (Å²) in [5.41, 5.74) is 5.62. The van der Waals surface area contributed by atoms with Gasteiger partial charge in [-0.05, 0) is 66.5 Å². The van der Waals surface area contributed by atoms with Crippen LogP contribution in [0, 0.1) is 13.8 Å². The van der Waals surface area contributed by atoms with Crippen LogP contribution in [0.15, 0.2) is 46.0 Å². The van der Waals surface area contributed by atoms with E-state index < -0.39 is 11.2 Å². The molecular weight excluding hydrogens is 412 g/mol. The van der Waals surface area contributed by atoms with Gasteiger partial charge in [-0.1, -0.05) is 58.9 Å². The van der Waals surface area contributed by atoms with Gasteiger partial charge >= 0.3 is 5.69 Å². The SMILES string of the molecule is CC.Cc1cc2nc3c(=O)[nH]c(=O)nc-3n(CCCc3ccc(C(C)(C)C)cc3)c2cc1C. The Bertz CT molecular complexity index is 1340. The maximum Gasteiger partial charge on any atom is 0.349 e. The van der Waals surface area contributed by atoms with Crippen molar-refractivity contribution in [3.8, 4) is 11.5 Å². The number of aryl methyl sites for hydroxylation is 4. The number of H-pyrrole nitrogens is 1. The Labute approximate surface area is 195 Å². The monoisotopic (exact) mass is 446 g/mol. The molecule has 2 aliphatic rings. The van der Waals surface area contributed by atoms with E-state index in [1.54, 1.807) is 0 Å². The largest absolute Gasteiger partial charge is 0.349 e. The van der Waals surface area contributed by atoms with Crippen LogP contribution in [0.2, 0.25) is 0 Å². The minimum absolute atomic E-state index is 0.133. The second-order valence-electron chi connectivity index (χ2n) is 9.28. The zero-order valence-electron chi connectivity index (χ0n) is 20.7. The third-order valence-corrected chi connectivity index (χ3v) is 5.89. The smallest absolute Gasteiger partial charge is 0.322 e. The standard InChI is InChI=1S/C25H28N4O2.C2H6/c1-15-13-19-20(14-16(15)2)29(22-21(26-19)23(30)28-24(31)27-22)12-6-7-17-8-10-18(11-9-17)25(3,4)5;1-2/h8-11,13-14H,6-7,12H2,1-5H3,(H,28,30,31);1-2H3. The van der Waals surface area contributed by atoms with E-state index >= 15 is 0 Å². The molecule has 0 unspecified atom stereocenters. The molecule has 0 saturated carbocycles. The number of hydrogen-bond acceptors (Lipinski definition) is 4. The molecular formula is C27H34N4O2. The summed E-state index contributed by atoms with van der Waals surface area (Å²) in [5.74, 6) is 0.340. The first-order chi connectivity index (χ1) is 15.6. The molecule has 2 aromatic rings. The van der Waals surface area contributed by atoms with Crippen molar-refractivity contribution in [3.63, 3.8) is 0 Å². The third kappa shape index (κ3) is 5.21. The maximum atomic E-state index is 12.4. The average Bonchev–Trinajstić information content (AvgIpc) is 2.76. The van der Waals surface area contributed by atoms with Crippen LogP contribution in [0.3, 0.4) is 0 Å². The molecule has 0 bridgehead atoms. The number of benzene rings is 2. The first kappa shape index (κ1) is 24.4. The fourth-order valence-corrected chi connectivity index (χ4v) is 3.89. The highest BCUT2D eigenvalue weighted by atomic mass is 16.2. The number of aromatic amines is 1. The second kappa shape index (κ2) is 9.69. The Hall–Kier alpha value is -3.28. The van der Waals surface area contributed by atoms with E-state index in [1.807, 2.05) is 38.3 Å². The van der Waals surface area contributed by atoms with Crippen LogP contribution in [0.25, 0.3) is 22.6 Å². The zero-order chi connectivity index (χ0) is 24.3. The molecule has 0 amide bonds.